The summed E-state index contributed by atoms with van der Waals surface area (Å²) >= 11 is 0. The Kier molecular flexibility index (Phi) is 6.99. The molecule has 4 atom stereocenters. The standard InChI is InChI=1S/C22H30N2O6/c25-17-13-24(22(27)16-4-2-1-3-5-16)19-7-6-18(30-20(19)15-29-14-17)12-21(26)23-8-10-28-11-9-23/h1-5,17-20,25H,6-15H2/t17-,18+,19-,20+/m1/s1. The largest absolute Gasteiger partial charge is 0.389 e. The first-order valence-electron chi connectivity index (χ1n) is 10.7. The van der Waals surface area contributed by atoms with Gasteiger partial charge in [0, 0.05) is 25.2 Å². The molecule has 3 aliphatic rings. The Balaban J connectivity index is 1.43. The maximum absolute atomic E-state index is 13.2. The molecule has 4 rings (SSSR count). The lowest BCUT2D eigenvalue weighted by Gasteiger charge is -2.44. The Morgan fingerprint density at radius 3 is 2.57 bits per heavy atom. The molecule has 2 amide bonds. The molecular weight excluding hydrogens is 388 g/mol. The second kappa shape index (κ2) is 9.87. The van der Waals surface area contributed by atoms with Gasteiger partial charge >= 0.3 is 0 Å². The molecule has 8 heteroatoms. The van der Waals surface area contributed by atoms with Crippen molar-refractivity contribution in [2.75, 3.05) is 46.1 Å². The average Bonchev–Trinajstić information content (AvgIpc) is 2.77. The fourth-order valence-electron chi connectivity index (χ4n) is 4.46. The van der Waals surface area contributed by atoms with Gasteiger partial charge in [-0.25, -0.2) is 0 Å². The molecule has 3 saturated heterocycles. The lowest BCUT2D eigenvalue weighted by molar-refractivity contribution is -0.156. The van der Waals surface area contributed by atoms with Crippen LogP contribution in [0, 0.1) is 0 Å². The van der Waals surface area contributed by atoms with Crippen LogP contribution in [0.3, 0.4) is 0 Å². The summed E-state index contributed by atoms with van der Waals surface area (Å²) in [4.78, 5) is 29.3. The van der Waals surface area contributed by atoms with Gasteiger partial charge in [-0.1, -0.05) is 18.2 Å². The zero-order valence-electron chi connectivity index (χ0n) is 17.2. The zero-order chi connectivity index (χ0) is 20.9. The number of ether oxygens (including phenoxy) is 3. The zero-order valence-corrected chi connectivity index (χ0v) is 17.2. The molecule has 30 heavy (non-hydrogen) atoms. The summed E-state index contributed by atoms with van der Waals surface area (Å²) < 4.78 is 17.2. The van der Waals surface area contributed by atoms with Crippen molar-refractivity contribution in [3.05, 3.63) is 35.9 Å². The van der Waals surface area contributed by atoms with E-state index in [1.165, 1.54) is 0 Å². The quantitative estimate of drug-likeness (QED) is 0.777. The minimum absolute atomic E-state index is 0.0844. The van der Waals surface area contributed by atoms with Gasteiger partial charge in [0.25, 0.3) is 5.91 Å². The highest BCUT2D eigenvalue weighted by Crippen LogP contribution is 2.29. The molecule has 0 aromatic heterocycles. The number of aliphatic hydroxyl groups excluding tert-OH is 1. The Labute approximate surface area is 176 Å². The summed E-state index contributed by atoms with van der Waals surface area (Å²) in [6.07, 6.45) is 0.481. The van der Waals surface area contributed by atoms with Crippen molar-refractivity contribution >= 4 is 11.8 Å². The minimum Gasteiger partial charge on any atom is -0.389 e. The number of carbonyl (C=O) groups is 2. The lowest BCUT2D eigenvalue weighted by atomic mass is 9.94. The number of amides is 2. The molecule has 1 N–H and O–H groups in total. The van der Waals surface area contributed by atoms with Gasteiger partial charge in [0.05, 0.1) is 51.1 Å². The monoisotopic (exact) mass is 418 g/mol. The van der Waals surface area contributed by atoms with Crippen LogP contribution in [-0.2, 0) is 19.0 Å². The van der Waals surface area contributed by atoms with Gasteiger partial charge in [-0.2, -0.15) is 0 Å². The smallest absolute Gasteiger partial charge is 0.254 e. The fraction of sp³-hybridized carbons (Fsp3) is 0.636. The van der Waals surface area contributed by atoms with E-state index >= 15 is 0 Å². The van der Waals surface area contributed by atoms with E-state index < -0.39 is 6.10 Å². The van der Waals surface area contributed by atoms with Crippen LogP contribution in [0.1, 0.15) is 29.6 Å². The highest BCUT2D eigenvalue weighted by molar-refractivity contribution is 5.94. The summed E-state index contributed by atoms with van der Waals surface area (Å²) in [5, 5.41) is 10.3. The van der Waals surface area contributed by atoms with E-state index in [1.807, 2.05) is 23.1 Å². The van der Waals surface area contributed by atoms with Crippen molar-refractivity contribution in [2.24, 2.45) is 0 Å². The Bertz CT molecular complexity index is 724. The number of fused-ring (bicyclic) bond motifs is 1. The topological polar surface area (TPSA) is 88.5 Å². The van der Waals surface area contributed by atoms with E-state index in [0.717, 1.165) is 0 Å². The van der Waals surface area contributed by atoms with Crippen LogP contribution >= 0.6 is 0 Å². The molecule has 1 aromatic carbocycles. The maximum Gasteiger partial charge on any atom is 0.254 e. The Morgan fingerprint density at radius 2 is 1.80 bits per heavy atom. The molecule has 164 valence electrons. The van der Waals surface area contributed by atoms with E-state index in [1.54, 1.807) is 17.0 Å². The van der Waals surface area contributed by atoms with Gasteiger partial charge in [0.1, 0.15) is 6.10 Å². The SMILES string of the molecule is O=C(C[C@@H]1CC[C@@H]2[C@H](COC[C@H](O)CN2C(=O)c2ccccc2)O1)N1CCOCC1. The van der Waals surface area contributed by atoms with Crippen molar-refractivity contribution in [3.8, 4) is 0 Å². The number of hydrogen-bond acceptors (Lipinski definition) is 6. The number of aliphatic hydroxyl groups is 1. The highest BCUT2D eigenvalue weighted by Gasteiger charge is 2.40. The van der Waals surface area contributed by atoms with Crippen molar-refractivity contribution in [1.82, 2.24) is 9.80 Å². The molecule has 0 unspecified atom stereocenters. The third-order valence-corrected chi connectivity index (χ3v) is 6.03. The van der Waals surface area contributed by atoms with Crippen molar-refractivity contribution in [2.45, 2.75) is 43.6 Å². The second-order valence-corrected chi connectivity index (χ2v) is 8.15. The predicted octanol–water partition coefficient (Wildman–Crippen LogP) is 0.685. The van der Waals surface area contributed by atoms with Gasteiger partial charge in [0.15, 0.2) is 0 Å². The molecule has 3 fully saturated rings. The molecule has 8 nitrogen and oxygen atoms in total. The number of hydrogen-bond donors (Lipinski definition) is 1. The number of rotatable bonds is 3. The molecule has 0 spiro atoms. The molecule has 0 radical (unpaired) electrons. The average molecular weight is 418 g/mol. The van der Waals surface area contributed by atoms with Crippen LogP contribution in [0.2, 0.25) is 0 Å². The molecule has 3 aliphatic heterocycles. The number of nitrogens with zero attached hydrogens (tertiary/aromatic N) is 2. The van der Waals surface area contributed by atoms with E-state index in [2.05, 4.69) is 0 Å². The molecular formula is C22H30N2O6. The minimum atomic E-state index is -0.737. The van der Waals surface area contributed by atoms with E-state index in [0.29, 0.717) is 57.7 Å². The summed E-state index contributed by atoms with van der Waals surface area (Å²) in [5.41, 5.74) is 0.592. The fourth-order valence-corrected chi connectivity index (χ4v) is 4.46. The maximum atomic E-state index is 13.2. The van der Waals surface area contributed by atoms with E-state index in [-0.39, 0.29) is 43.2 Å². The Hall–Kier alpha value is -2.00. The number of carbonyl (C=O) groups excluding carboxylic acids is 2. The van der Waals surface area contributed by atoms with Gasteiger partial charge in [-0.05, 0) is 25.0 Å². The van der Waals surface area contributed by atoms with E-state index in [9.17, 15) is 14.7 Å². The summed E-state index contributed by atoms with van der Waals surface area (Å²) in [6, 6.07) is 8.91. The second-order valence-electron chi connectivity index (χ2n) is 8.15. The Morgan fingerprint density at radius 1 is 1.03 bits per heavy atom. The summed E-state index contributed by atoms with van der Waals surface area (Å²) in [5.74, 6) is -0.0286. The van der Waals surface area contributed by atoms with Crippen LogP contribution < -0.4 is 0 Å². The van der Waals surface area contributed by atoms with Gasteiger partial charge in [0.2, 0.25) is 5.91 Å². The predicted molar refractivity (Wildman–Crippen MR) is 108 cm³/mol. The summed E-state index contributed by atoms with van der Waals surface area (Å²) in [6.45, 7) is 3.06. The lowest BCUT2D eigenvalue weighted by Crippen LogP contribution is -2.57. The van der Waals surface area contributed by atoms with Crippen LogP contribution in [0.25, 0.3) is 0 Å². The highest BCUT2D eigenvalue weighted by atomic mass is 16.5. The molecule has 0 aliphatic carbocycles. The summed E-state index contributed by atoms with van der Waals surface area (Å²) in [7, 11) is 0. The molecule has 3 heterocycles. The molecule has 0 saturated carbocycles. The van der Waals surface area contributed by atoms with Gasteiger partial charge in [-0.3, -0.25) is 9.59 Å². The number of benzene rings is 1. The van der Waals surface area contributed by atoms with E-state index in [4.69, 9.17) is 14.2 Å². The van der Waals surface area contributed by atoms with Crippen LogP contribution in [0.15, 0.2) is 30.3 Å². The molecule has 0 bridgehead atoms. The van der Waals surface area contributed by atoms with Crippen LogP contribution in [-0.4, -0.2) is 97.1 Å². The first kappa shape index (κ1) is 21.2. The first-order valence-corrected chi connectivity index (χ1v) is 10.7. The third kappa shape index (κ3) is 5.00. The van der Waals surface area contributed by atoms with Crippen molar-refractivity contribution < 1.29 is 28.9 Å². The van der Waals surface area contributed by atoms with Gasteiger partial charge < -0.3 is 29.1 Å². The first-order chi connectivity index (χ1) is 14.6. The van der Waals surface area contributed by atoms with Crippen LogP contribution in [0.5, 0.6) is 0 Å². The van der Waals surface area contributed by atoms with Gasteiger partial charge in [-0.15, -0.1) is 0 Å². The normalized spacial score (nSPS) is 30.2. The van der Waals surface area contributed by atoms with Crippen molar-refractivity contribution in [3.63, 3.8) is 0 Å². The number of β-amino-alcohol motifs (C(OH)–C–C–N with tert-alkyl or cyclic N) is 1. The van der Waals surface area contributed by atoms with Crippen molar-refractivity contribution in [1.29, 1.82) is 0 Å². The third-order valence-electron chi connectivity index (χ3n) is 6.03. The van der Waals surface area contributed by atoms with Crippen LogP contribution in [0.4, 0.5) is 0 Å². The number of morpholine rings is 1. The molecule has 1 aromatic rings.